The zero-order chi connectivity index (χ0) is 40.3. The highest BCUT2D eigenvalue weighted by atomic mass is 14.5. The van der Waals surface area contributed by atoms with Crippen molar-refractivity contribution in [3.63, 3.8) is 0 Å². The number of benzene rings is 9. The average molecular weight is 767 g/mol. The van der Waals surface area contributed by atoms with Crippen molar-refractivity contribution in [2.75, 3.05) is 0 Å². The van der Waals surface area contributed by atoms with E-state index in [9.17, 15) is 0 Å². The van der Waals surface area contributed by atoms with Crippen molar-refractivity contribution in [1.29, 1.82) is 0 Å². The zero-order valence-electron chi connectivity index (χ0n) is 34.1. The lowest BCUT2D eigenvalue weighted by molar-refractivity contribution is 0.657. The van der Waals surface area contributed by atoms with Crippen LogP contribution in [-0.4, -0.2) is 0 Å². The van der Waals surface area contributed by atoms with Crippen LogP contribution >= 0.6 is 0 Å². The van der Waals surface area contributed by atoms with Gasteiger partial charge in [0.25, 0.3) is 0 Å². The monoisotopic (exact) mass is 766 g/mol. The van der Waals surface area contributed by atoms with Crippen molar-refractivity contribution < 1.29 is 0 Å². The predicted octanol–water partition coefficient (Wildman–Crippen LogP) is 15.1. The maximum absolute atomic E-state index is 2.53. The third kappa shape index (κ3) is 5.59. The smallest absolute Gasteiger partial charge is 0.0622 e. The number of rotatable bonds is 8. The van der Waals surface area contributed by atoms with Crippen molar-refractivity contribution in [3.05, 3.63) is 275 Å². The van der Waals surface area contributed by atoms with Gasteiger partial charge in [0.1, 0.15) is 0 Å². The fourth-order valence-electron chi connectivity index (χ4n) is 10.8. The van der Waals surface area contributed by atoms with Crippen LogP contribution in [0.2, 0.25) is 0 Å². The van der Waals surface area contributed by atoms with E-state index in [0.29, 0.717) is 0 Å². The molecular formula is C60H46. The highest BCUT2D eigenvalue weighted by Crippen LogP contribution is 2.58. The molecule has 0 nitrogen and oxygen atoms in total. The van der Waals surface area contributed by atoms with Gasteiger partial charge in [-0.3, -0.25) is 0 Å². The molecule has 1 atom stereocenters. The van der Waals surface area contributed by atoms with Crippen molar-refractivity contribution in [2.24, 2.45) is 0 Å². The molecule has 2 aliphatic rings. The maximum Gasteiger partial charge on any atom is 0.0713 e. The minimum absolute atomic E-state index is 0.0851. The second kappa shape index (κ2) is 14.4. The fourth-order valence-corrected chi connectivity index (χ4v) is 10.8. The summed E-state index contributed by atoms with van der Waals surface area (Å²) in [5, 5.41) is 0. The van der Waals surface area contributed by atoms with Crippen LogP contribution in [0.1, 0.15) is 69.8 Å². The molecule has 9 aromatic rings. The summed E-state index contributed by atoms with van der Waals surface area (Å²) < 4.78 is 0. The Kier molecular flexibility index (Phi) is 8.64. The lowest BCUT2D eigenvalue weighted by atomic mass is 9.67. The molecule has 0 radical (unpaired) electrons. The largest absolute Gasteiger partial charge is 0.0713 e. The Morgan fingerprint density at radius 3 is 1.60 bits per heavy atom. The van der Waals surface area contributed by atoms with Gasteiger partial charge in [-0.1, -0.05) is 238 Å². The maximum atomic E-state index is 2.53. The lowest BCUT2D eigenvalue weighted by Crippen LogP contribution is -2.28. The Bertz CT molecular complexity index is 2990. The van der Waals surface area contributed by atoms with E-state index in [4.69, 9.17) is 0 Å². The molecule has 0 bridgehead atoms. The van der Waals surface area contributed by atoms with Gasteiger partial charge >= 0.3 is 0 Å². The van der Waals surface area contributed by atoms with Crippen molar-refractivity contribution in [1.82, 2.24) is 0 Å². The molecule has 11 rings (SSSR count). The third-order valence-electron chi connectivity index (χ3n) is 13.6. The summed E-state index contributed by atoms with van der Waals surface area (Å²) in [6.45, 7) is 4.78. The average Bonchev–Trinajstić information content (AvgIpc) is 3.75. The first-order chi connectivity index (χ1) is 29.5. The molecule has 0 heteroatoms. The van der Waals surface area contributed by atoms with E-state index in [1.165, 1.54) is 94.6 Å². The highest BCUT2D eigenvalue weighted by Gasteiger charge is 2.46. The summed E-state index contributed by atoms with van der Waals surface area (Å²) >= 11 is 0. The van der Waals surface area contributed by atoms with E-state index in [2.05, 4.69) is 238 Å². The zero-order valence-corrected chi connectivity index (χ0v) is 34.1. The Balaban J connectivity index is 1.10. The van der Waals surface area contributed by atoms with Crippen LogP contribution in [0.4, 0.5) is 0 Å². The second-order valence-corrected chi connectivity index (χ2v) is 17.1. The first-order valence-corrected chi connectivity index (χ1v) is 21.4. The van der Waals surface area contributed by atoms with Crippen LogP contribution in [0.15, 0.2) is 224 Å². The van der Waals surface area contributed by atoms with Crippen LogP contribution in [0, 0.1) is 0 Å². The highest BCUT2D eigenvalue weighted by molar-refractivity contribution is 5.95. The first kappa shape index (κ1) is 36.1. The molecule has 0 saturated carbocycles. The molecule has 9 aromatic carbocycles. The van der Waals surface area contributed by atoms with E-state index >= 15 is 0 Å². The Hall–Kier alpha value is -7.02. The minimum atomic E-state index is -0.444. The summed E-state index contributed by atoms with van der Waals surface area (Å²) in [5.74, 6) is 0.122. The Labute approximate surface area is 354 Å². The van der Waals surface area contributed by atoms with Gasteiger partial charge in [0.2, 0.25) is 0 Å². The lowest BCUT2D eigenvalue weighted by Gasteiger charge is -2.34. The van der Waals surface area contributed by atoms with Crippen molar-refractivity contribution >= 4 is 0 Å². The quantitative estimate of drug-likeness (QED) is 0.144. The molecule has 0 aliphatic heterocycles. The van der Waals surface area contributed by atoms with Crippen LogP contribution in [0.3, 0.4) is 0 Å². The third-order valence-corrected chi connectivity index (χ3v) is 13.6. The molecule has 286 valence electrons. The first-order valence-electron chi connectivity index (χ1n) is 21.4. The molecule has 0 amide bonds. The summed E-state index contributed by atoms with van der Waals surface area (Å²) in [5.41, 5.74) is 21.9. The van der Waals surface area contributed by atoms with E-state index in [0.717, 1.165) is 6.42 Å². The summed E-state index contributed by atoms with van der Waals surface area (Å²) in [6, 6.07) is 83.9. The van der Waals surface area contributed by atoms with Crippen molar-refractivity contribution in [3.8, 4) is 44.5 Å². The molecule has 0 saturated heterocycles. The van der Waals surface area contributed by atoms with E-state index in [1.807, 2.05) is 0 Å². The number of hydrogen-bond acceptors (Lipinski definition) is 0. The van der Waals surface area contributed by atoms with Gasteiger partial charge in [0.15, 0.2) is 0 Å². The molecule has 0 N–H and O–H groups in total. The summed E-state index contributed by atoms with van der Waals surface area (Å²) in [4.78, 5) is 0. The summed E-state index contributed by atoms with van der Waals surface area (Å²) in [7, 11) is 0. The molecule has 1 unspecified atom stereocenters. The molecule has 0 heterocycles. The normalized spacial score (nSPS) is 14.4. The van der Waals surface area contributed by atoms with Gasteiger partial charge in [-0.05, 0) is 101 Å². The van der Waals surface area contributed by atoms with E-state index in [1.54, 1.807) is 0 Å². The van der Waals surface area contributed by atoms with Crippen LogP contribution in [-0.2, 0) is 17.3 Å². The van der Waals surface area contributed by atoms with Crippen molar-refractivity contribution in [2.45, 2.75) is 37.0 Å². The number of hydrogen-bond donors (Lipinski definition) is 0. The standard InChI is InChI=1S/C60H46/c1-59(2)54-33-16-14-30-50(54)51-37-36-45(40-57(51)59)53(39-44-22-12-13-29-48(44)41-20-6-3-7-21-41)43-24-18-23-42(38-43)49-32-19-35-56-58(49)52-31-15-17-34-55(52)60(56,46-25-8-4-9-26-46)47-27-10-5-11-28-47/h3-38,40,53H,39H2,1-2H3. The van der Waals surface area contributed by atoms with Gasteiger partial charge in [0.05, 0.1) is 5.41 Å². The minimum Gasteiger partial charge on any atom is -0.0622 e. The van der Waals surface area contributed by atoms with Gasteiger partial charge in [-0.15, -0.1) is 0 Å². The fraction of sp³-hybridized carbons (Fsp3) is 0.100. The SMILES string of the molecule is CC1(C)c2ccccc2-c2ccc(C(Cc3ccccc3-c3ccccc3)c3cccc(-c4cccc5c4-c4ccccc4C5(c4ccccc4)c4ccccc4)c3)cc21. The Morgan fingerprint density at radius 1 is 0.350 bits per heavy atom. The van der Waals surface area contributed by atoms with Gasteiger partial charge < -0.3 is 0 Å². The molecule has 0 spiro atoms. The molecule has 0 fully saturated rings. The number of fused-ring (bicyclic) bond motifs is 6. The molecule has 2 aliphatic carbocycles. The van der Waals surface area contributed by atoms with Crippen LogP contribution in [0.25, 0.3) is 44.5 Å². The van der Waals surface area contributed by atoms with Crippen LogP contribution in [0.5, 0.6) is 0 Å². The topological polar surface area (TPSA) is 0 Å². The van der Waals surface area contributed by atoms with Gasteiger partial charge in [-0.25, -0.2) is 0 Å². The summed E-state index contributed by atoms with van der Waals surface area (Å²) in [6.07, 6.45) is 0.877. The van der Waals surface area contributed by atoms with Gasteiger partial charge in [0, 0.05) is 11.3 Å². The van der Waals surface area contributed by atoms with Gasteiger partial charge in [-0.2, -0.15) is 0 Å². The molecule has 0 aromatic heterocycles. The van der Waals surface area contributed by atoms with E-state index < -0.39 is 5.41 Å². The predicted molar refractivity (Wildman–Crippen MR) is 251 cm³/mol. The molecular weight excluding hydrogens is 721 g/mol. The van der Waals surface area contributed by atoms with E-state index in [-0.39, 0.29) is 11.3 Å². The van der Waals surface area contributed by atoms with Crippen LogP contribution < -0.4 is 0 Å². The molecule has 60 heavy (non-hydrogen) atoms. The Morgan fingerprint density at radius 2 is 0.867 bits per heavy atom. The second-order valence-electron chi connectivity index (χ2n) is 17.1.